The van der Waals surface area contributed by atoms with Crippen LogP contribution in [0.3, 0.4) is 0 Å². The fraction of sp³-hybridized carbons (Fsp3) is 0.727. The molecule has 0 aromatic carbocycles. The summed E-state index contributed by atoms with van der Waals surface area (Å²) in [5.41, 5.74) is 0. The van der Waals surface area contributed by atoms with Crippen LogP contribution in [0.15, 0.2) is 12.2 Å². The maximum atomic E-state index is 11.1. The van der Waals surface area contributed by atoms with E-state index in [4.69, 9.17) is 4.43 Å². The summed E-state index contributed by atoms with van der Waals surface area (Å²) in [6.07, 6.45) is 4.29. The molecule has 0 aromatic rings. The van der Waals surface area contributed by atoms with Crippen LogP contribution in [0.1, 0.15) is 20.3 Å². The summed E-state index contributed by atoms with van der Waals surface area (Å²) < 4.78 is 5.70. The smallest absolute Gasteiger partial charge is 0.243 e. The van der Waals surface area contributed by atoms with Crippen LogP contribution in [-0.2, 0) is 9.22 Å². The van der Waals surface area contributed by atoms with Crippen LogP contribution in [0.25, 0.3) is 0 Å². The van der Waals surface area contributed by atoms with Crippen molar-refractivity contribution < 1.29 is 9.22 Å². The quantitative estimate of drug-likeness (QED) is 0.413. The van der Waals surface area contributed by atoms with E-state index in [0.717, 1.165) is 25.6 Å². The lowest BCUT2D eigenvalue weighted by Gasteiger charge is -2.21. The summed E-state index contributed by atoms with van der Waals surface area (Å²) in [4.78, 5) is 11.1. The Labute approximate surface area is 94.0 Å². The average Bonchev–Trinajstić information content (AvgIpc) is 2.13. The lowest BCUT2D eigenvalue weighted by molar-refractivity contribution is -0.116. The Bertz CT molecular complexity index is 215. The van der Waals surface area contributed by atoms with Gasteiger partial charge in [-0.3, -0.25) is 4.79 Å². The van der Waals surface area contributed by atoms with Crippen LogP contribution in [0, 0.1) is 0 Å². The van der Waals surface area contributed by atoms with Gasteiger partial charge < -0.3 is 9.74 Å². The Morgan fingerprint density at radius 2 is 2.13 bits per heavy atom. The average molecular weight is 229 g/mol. The first-order valence-corrected chi connectivity index (χ1v) is 8.68. The molecular weight excluding hydrogens is 206 g/mol. The molecule has 0 aliphatic heterocycles. The summed E-state index contributed by atoms with van der Waals surface area (Å²) in [5.74, 6) is -0.00613. The van der Waals surface area contributed by atoms with E-state index in [1.54, 1.807) is 12.2 Å². The van der Waals surface area contributed by atoms with Gasteiger partial charge in [-0.05, 0) is 45.5 Å². The zero-order valence-electron chi connectivity index (χ0n) is 10.3. The third-order valence-electron chi connectivity index (χ3n) is 2.11. The monoisotopic (exact) mass is 229 g/mol. The Kier molecular flexibility index (Phi) is 7.34. The van der Waals surface area contributed by atoms with Gasteiger partial charge in [-0.1, -0.05) is 6.08 Å². The largest absolute Gasteiger partial charge is 0.418 e. The summed E-state index contributed by atoms with van der Waals surface area (Å²) in [7, 11) is -1.46. The summed E-state index contributed by atoms with van der Waals surface area (Å²) in [6, 6.07) is 1.09. The van der Waals surface area contributed by atoms with Crippen LogP contribution >= 0.6 is 0 Å². The first-order chi connectivity index (χ1) is 7.02. The van der Waals surface area contributed by atoms with Crippen molar-refractivity contribution in [3.8, 4) is 0 Å². The van der Waals surface area contributed by atoms with Gasteiger partial charge in [0.25, 0.3) is 0 Å². The van der Waals surface area contributed by atoms with E-state index in [2.05, 4.69) is 18.4 Å². The predicted molar refractivity (Wildman–Crippen MR) is 66.4 cm³/mol. The predicted octanol–water partition coefficient (Wildman–Crippen LogP) is 2.31. The van der Waals surface area contributed by atoms with Crippen molar-refractivity contribution in [2.75, 3.05) is 13.2 Å². The Balaban J connectivity index is 3.57. The van der Waals surface area contributed by atoms with Gasteiger partial charge in [0.2, 0.25) is 5.91 Å². The van der Waals surface area contributed by atoms with E-state index < -0.39 is 8.32 Å². The fourth-order valence-corrected chi connectivity index (χ4v) is 3.35. The van der Waals surface area contributed by atoms with Crippen LogP contribution in [0.5, 0.6) is 0 Å². The fourth-order valence-electron chi connectivity index (χ4n) is 1.40. The van der Waals surface area contributed by atoms with E-state index >= 15 is 0 Å². The van der Waals surface area contributed by atoms with Gasteiger partial charge in [0.05, 0.1) is 0 Å². The molecule has 0 aliphatic rings. The molecule has 15 heavy (non-hydrogen) atoms. The molecule has 0 unspecified atom stereocenters. The number of carbonyl (C=O) groups excluding carboxylic acids is 1. The van der Waals surface area contributed by atoms with Crippen LogP contribution in [-0.4, -0.2) is 27.4 Å². The highest BCUT2D eigenvalue weighted by Crippen LogP contribution is 2.12. The van der Waals surface area contributed by atoms with Gasteiger partial charge in [0, 0.05) is 13.2 Å². The van der Waals surface area contributed by atoms with Crippen LogP contribution in [0.2, 0.25) is 19.1 Å². The molecule has 0 radical (unpaired) electrons. The molecular formula is C11H23NO2Si. The van der Waals surface area contributed by atoms with Gasteiger partial charge in [0.15, 0.2) is 8.32 Å². The molecule has 0 saturated heterocycles. The van der Waals surface area contributed by atoms with Gasteiger partial charge in [-0.15, -0.1) is 0 Å². The molecule has 0 saturated carbocycles. The minimum absolute atomic E-state index is 0.00613. The molecule has 88 valence electrons. The second kappa shape index (κ2) is 7.65. The number of allylic oxidation sites excluding steroid dienone is 1. The van der Waals surface area contributed by atoms with Crippen molar-refractivity contribution in [2.45, 2.75) is 39.4 Å². The van der Waals surface area contributed by atoms with Crippen LogP contribution < -0.4 is 5.32 Å². The highest BCUT2D eigenvalue weighted by atomic mass is 28.4. The van der Waals surface area contributed by atoms with Crippen molar-refractivity contribution in [1.29, 1.82) is 0 Å². The molecule has 0 spiro atoms. The second-order valence-corrected chi connectivity index (χ2v) is 8.40. The lowest BCUT2D eigenvalue weighted by Crippen LogP contribution is -2.32. The second-order valence-electron chi connectivity index (χ2n) is 4.09. The number of hydrogen-bond acceptors (Lipinski definition) is 2. The molecule has 0 rings (SSSR count). The number of nitrogens with one attached hydrogen (secondary N) is 1. The first-order valence-electron chi connectivity index (χ1n) is 5.56. The van der Waals surface area contributed by atoms with Crippen molar-refractivity contribution >= 4 is 14.2 Å². The van der Waals surface area contributed by atoms with E-state index in [0.29, 0.717) is 0 Å². The zero-order chi connectivity index (χ0) is 11.7. The third kappa shape index (κ3) is 8.39. The molecule has 3 nitrogen and oxygen atoms in total. The number of carbonyl (C=O) groups is 1. The van der Waals surface area contributed by atoms with Gasteiger partial charge in [-0.2, -0.15) is 0 Å². The Morgan fingerprint density at radius 3 is 2.67 bits per heavy atom. The normalized spacial score (nSPS) is 12.0. The highest BCUT2D eigenvalue weighted by molar-refractivity contribution is 6.71. The Hall–Kier alpha value is -0.613. The van der Waals surface area contributed by atoms with Crippen molar-refractivity contribution in [3.63, 3.8) is 0 Å². The molecule has 1 N–H and O–H groups in total. The summed E-state index contributed by atoms with van der Waals surface area (Å²) in [6.45, 7) is 9.83. The van der Waals surface area contributed by atoms with E-state index in [9.17, 15) is 4.79 Å². The minimum atomic E-state index is -1.46. The lowest BCUT2D eigenvalue weighted by atomic mass is 10.4. The van der Waals surface area contributed by atoms with E-state index in [1.165, 1.54) is 0 Å². The minimum Gasteiger partial charge on any atom is -0.418 e. The van der Waals surface area contributed by atoms with Gasteiger partial charge in [-0.25, -0.2) is 0 Å². The number of amides is 1. The SMILES string of the molecule is CC=CC(=O)NCCC[Si](C)(C)OCC. The standard InChI is InChI=1S/C11H23NO2Si/c1-5-8-11(13)12-9-7-10-15(3,4)14-6-2/h5,8H,6-7,9-10H2,1-4H3,(H,12,13). The maximum absolute atomic E-state index is 11.1. The molecule has 0 heterocycles. The van der Waals surface area contributed by atoms with Gasteiger partial charge in [0.1, 0.15) is 0 Å². The highest BCUT2D eigenvalue weighted by Gasteiger charge is 2.20. The maximum Gasteiger partial charge on any atom is 0.243 e. The first kappa shape index (κ1) is 14.4. The molecule has 0 fully saturated rings. The van der Waals surface area contributed by atoms with E-state index in [1.807, 2.05) is 13.8 Å². The summed E-state index contributed by atoms with van der Waals surface area (Å²) in [5, 5.41) is 2.84. The van der Waals surface area contributed by atoms with Gasteiger partial charge >= 0.3 is 0 Å². The van der Waals surface area contributed by atoms with E-state index in [-0.39, 0.29) is 5.91 Å². The molecule has 0 bridgehead atoms. The molecule has 4 heteroatoms. The van der Waals surface area contributed by atoms with Crippen LogP contribution in [0.4, 0.5) is 0 Å². The zero-order valence-corrected chi connectivity index (χ0v) is 11.3. The molecule has 1 amide bonds. The number of hydrogen-bond donors (Lipinski definition) is 1. The Morgan fingerprint density at radius 1 is 1.47 bits per heavy atom. The molecule has 0 atom stereocenters. The van der Waals surface area contributed by atoms with Crippen molar-refractivity contribution in [3.05, 3.63) is 12.2 Å². The summed E-state index contributed by atoms with van der Waals surface area (Å²) >= 11 is 0. The van der Waals surface area contributed by atoms with Crippen molar-refractivity contribution in [1.82, 2.24) is 5.32 Å². The number of rotatable bonds is 7. The third-order valence-corrected chi connectivity index (χ3v) is 4.74. The molecule has 0 aliphatic carbocycles. The molecule has 0 aromatic heterocycles. The van der Waals surface area contributed by atoms with Crippen molar-refractivity contribution in [2.24, 2.45) is 0 Å². The topological polar surface area (TPSA) is 38.3 Å².